The predicted octanol–water partition coefficient (Wildman–Crippen LogP) is 1.49. The fraction of sp³-hybridized carbons (Fsp3) is 0.167. The van der Waals surface area contributed by atoms with E-state index in [1.807, 2.05) is 0 Å². The molecule has 1 aromatic carbocycles. The van der Waals surface area contributed by atoms with Crippen LogP contribution in [0.3, 0.4) is 0 Å². The lowest BCUT2D eigenvalue weighted by Crippen LogP contribution is -2.15. The molecule has 0 fully saturated rings. The van der Waals surface area contributed by atoms with Crippen LogP contribution in [-0.4, -0.2) is 29.3 Å². The van der Waals surface area contributed by atoms with Gasteiger partial charge in [0.05, 0.1) is 32.6 Å². The van der Waals surface area contributed by atoms with Gasteiger partial charge in [-0.25, -0.2) is 23.0 Å². The lowest BCUT2D eigenvalue weighted by Gasteiger charge is -2.10. The third kappa shape index (κ3) is 2.78. The van der Waals surface area contributed by atoms with Crippen molar-refractivity contribution in [1.29, 1.82) is 0 Å². The summed E-state index contributed by atoms with van der Waals surface area (Å²) in [6, 6.07) is 3.55. The van der Waals surface area contributed by atoms with E-state index in [4.69, 9.17) is 16.7 Å². The maximum absolute atomic E-state index is 11.4. The molecule has 0 spiro atoms. The van der Waals surface area contributed by atoms with Crippen molar-refractivity contribution in [3.63, 3.8) is 0 Å². The van der Waals surface area contributed by atoms with Crippen LogP contribution in [0.15, 0.2) is 23.1 Å². The summed E-state index contributed by atoms with van der Waals surface area (Å²) in [7, 11) is -3.99. The van der Waals surface area contributed by atoms with Gasteiger partial charge in [0, 0.05) is 0 Å². The highest BCUT2D eigenvalue weighted by atomic mass is 35.5. The van der Waals surface area contributed by atoms with Crippen LogP contribution >= 0.6 is 11.6 Å². The lowest BCUT2D eigenvalue weighted by atomic mass is 10.2. The molecule has 21 heavy (non-hydrogen) atoms. The van der Waals surface area contributed by atoms with Gasteiger partial charge in [0.1, 0.15) is 0 Å². The molecule has 0 saturated heterocycles. The number of halogens is 1. The van der Waals surface area contributed by atoms with Crippen LogP contribution in [-0.2, 0) is 10.0 Å². The highest BCUT2D eigenvalue weighted by Crippen LogP contribution is 2.25. The van der Waals surface area contributed by atoms with Gasteiger partial charge in [0.15, 0.2) is 0 Å². The van der Waals surface area contributed by atoms with E-state index in [0.717, 1.165) is 6.07 Å². The Bertz CT molecular complexity index is 842. The summed E-state index contributed by atoms with van der Waals surface area (Å²) in [5.41, 5.74) is 1.08. The van der Waals surface area contributed by atoms with Gasteiger partial charge in [0.2, 0.25) is 10.0 Å². The van der Waals surface area contributed by atoms with Crippen molar-refractivity contribution < 1.29 is 18.3 Å². The minimum atomic E-state index is -3.99. The van der Waals surface area contributed by atoms with E-state index in [-0.39, 0.29) is 16.1 Å². The van der Waals surface area contributed by atoms with Crippen LogP contribution in [0.4, 0.5) is 0 Å². The quantitative estimate of drug-likeness (QED) is 0.885. The molecule has 0 aliphatic heterocycles. The second-order valence-corrected chi connectivity index (χ2v) is 6.37. The average Bonchev–Trinajstić information content (AvgIpc) is 2.64. The lowest BCUT2D eigenvalue weighted by molar-refractivity contribution is 0.0696. The molecular weight excluding hydrogens is 318 g/mol. The number of primary sulfonamides is 1. The maximum Gasteiger partial charge on any atom is 0.337 e. The zero-order valence-electron chi connectivity index (χ0n) is 11.2. The summed E-state index contributed by atoms with van der Waals surface area (Å²) in [4.78, 5) is 11.1. The molecule has 0 aliphatic rings. The number of carbonyl (C=O) groups is 1. The number of aromatic carboxylic acids is 1. The van der Waals surface area contributed by atoms with E-state index in [0.29, 0.717) is 16.4 Å². The first-order valence-corrected chi connectivity index (χ1v) is 7.67. The van der Waals surface area contributed by atoms with Gasteiger partial charge < -0.3 is 5.11 Å². The van der Waals surface area contributed by atoms with E-state index >= 15 is 0 Å². The number of sulfonamides is 1. The van der Waals surface area contributed by atoms with Gasteiger partial charge in [0.25, 0.3) is 0 Å². The van der Waals surface area contributed by atoms with Crippen molar-refractivity contribution in [2.45, 2.75) is 18.7 Å². The Kier molecular flexibility index (Phi) is 3.79. The van der Waals surface area contributed by atoms with Crippen molar-refractivity contribution in [2.24, 2.45) is 5.14 Å². The molecule has 3 N–H and O–H groups in total. The maximum atomic E-state index is 11.4. The topological polar surface area (TPSA) is 115 Å². The summed E-state index contributed by atoms with van der Waals surface area (Å²) in [6.07, 6.45) is 0. The number of carboxylic acid groups (broad SMARTS) is 1. The molecule has 2 rings (SSSR count). The molecular formula is C12H12ClN3O4S. The Labute approximate surface area is 126 Å². The smallest absolute Gasteiger partial charge is 0.337 e. The molecule has 1 aromatic heterocycles. The highest BCUT2D eigenvalue weighted by molar-refractivity contribution is 7.89. The van der Waals surface area contributed by atoms with Gasteiger partial charge in [-0.3, -0.25) is 0 Å². The molecule has 2 aromatic rings. The van der Waals surface area contributed by atoms with Crippen molar-refractivity contribution in [2.75, 3.05) is 0 Å². The fourth-order valence-electron chi connectivity index (χ4n) is 1.91. The molecule has 112 valence electrons. The number of rotatable bonds is 3. The molecule has 0 unspecified atom stereocenters. The van der Waals surface area contributed by atoms with E-state index in [1.54, 1.807) is 13.8 Å². The number of hydrogen-bond acceptors (Lipinski definition) is 4. The molecule has 7 nitrogen and oxygen atoms in total. The van der Waals surface area contributed by atoms with Gasteiger partial charge in [-0.1, -0.05) is 11.6 Å². The number of hydrogen-bond donors (Lipinski definition) is 2. The standard InChI is InChI=1S/C12H12ClN3O4S/c1-6-11(13)7(2)16(15-6)10-4-3-8(21(14,19)20)5-9(10)12(17)18/h3-5H,1-2H3,(H,17,18)(H2,14,19,20). The van der Waals surface area contributed by atoms with Crippen LogP contribution in [0.25, 0.3) is 5.69 Å². The zero-order valence-corrected chi connectivity index (χ0v) is 12.7. The molecule has 1 heterocycles. The first kappa shape index (κ1) is 15.5. The number of nitrogens with two attached hydrogens (primary N) is 1. The Morgan fingerprint density at radius 3 is 2.43 bits per heavy atom. The molecule has 0 aliphatic carbocycles. The number of aromatic nitrogens is 2. The molecule has 0 saturated carbocycles. The highest BCUT2D eigenvalue weighted by Gasteiger charge is 2.20. The largest absolute Gasteiger partial charge is 0.478 e. The number of benzene rings is 1. The van der Waals surface area contributed by atoms with Gasteiger partial charge in [-0.15, -0.1) is 0 Å². The van der Waals surface area contributed by atoms with Crippen molar-refractivity contribution in [3.8, 4) is 5.69 Å². The van der Waals surface area contributed by atoms with Crippen LogP contribution in [0.5, 0.6) is 0 Å². The van der Waals surface area contributed by atoms with Crippen LogP contribution < -0.4 is 5.14 Å². The normalized spacial score (nSPS) is 11.6. The SMILES string of the molecule is Cc1nn(-c2ccc(S(N)(=O)=O)cc2C(=O)O)c(C)c1Cl. The fourth-order valence-corrected chi connectivity index (χ4v) is 2.56. The molecule has 9 heteroatoms. The van der Waals surface area contributed by atoms with Crippen LogP contribution in [0.2, 0.25) is 5.02 Å². The van der Waals surface area contributed by atoms with Crippen molar-refractivity contribution >= 4 is 27.6 Å². The van der Waals surface area contributed by atoms with E-state index in [2.05, 4.69) is 5.10 Å². The summed E-state index contributed by atoms with van der Waals surface area (Å²) >= 11 is 6.04. The summed E-state index contributed by atoms with van der Waals surface area (Å²) in [6.45, 7) is 3.37. The molecule has 0 amide bonds. The van der Waals surface area contributed by atoms with Crippen LogP contribution in [0.1, 0.15) is 21.7 Å². The van der Waals surface area contributed by atoms with Gasteiger partial charge >= 0.3 is 5.97 Å². The molecule has 0 atom stereocenters. The number of carboxylic acids is 1. The first-order valence-electron chi connectivity index (χ1n) is 5.75. The summed E-state index contributed by atoms with van der Waals surface area (Å²) < 4.78 is 24.0. The predicted molar refractivity (Wildman–Crippen MR) is 76.4 cm³/mol. The minimum absolute atomic E-state index is 0.211. The van der Waals surface area contributed by atoms with Gasteiger partial charge in [-0.05, 0) is 32.0 Å². The molecule has 0 bridgehead atoms. The van der Waals surface area contributed by atoms with Crippen LogP contribution in [0, 0.1) is 13.8 Å². The Balaban J connectivity index is 2.75. The van der Waals surface area contributed by atoms with Gasteiger partial charge in [-0.2, -0.15) is 5.10 Å². The number of aryl methyl sites for hydroxylation is 1. The Morgan fingerprint density at radius 1 is 1.38 bits per heavy atom. The van der Waals surface area contributed by atoms with Crippen molar-refractivity contribution in [3.05, 3.63) is 40.2 Å². The summed E-state index contributed by atoms with van der Waals surface area (Å²) in [5.74, 6) is -1.29. The number of nitrogens with zero attached hydrogens (tertiary/aromatic N) is 2. The van der Waals surface area contributed by atoms with Crippen molar-refractivity contribution in [1.82, 2.24) is 9.78 Å². The third-order valence-corrected chi connectivity index (χ3v) is 4.42. The van der Waals surface area contributed by atoms with E-state index in [1.165, 1.54) is 16.8 Å². The monoisotopic (exact) mass is 329 g/mol. The third-order valence-electron chi connectivity index (χ3n) is 2.96. The second-order valence-electron chi connectivity index (χ2n) is 4.43. The first-order chi connectivity index (χ1) is 9.62. The second kappa shape index (κ2) is 5.14. The average molecular weight is 330 g/mol. The zero-order chi connectivity index (χ0) is 15.9. The molecule has 0 radical (unpaired) electrons. The Hall–Kier alpha value is -1.90. The Morgan fingerprint density at radius 2 is 2.00 bits per heavy atom. The van der Waals surface area contributed by atoms with E-state index < -0.39 is 16.0 Å². The minimum Gasteiger partial charge on any atom is -0.478 e. The van der Waals surface area contributed by atoms with E-state index in [9.17, 15) is 18.3 Å². The summed E-state index contributed by atoms with van der Waals surface area (Å²) in [5, 5.41) is 18.9.